The minimum atomic E-state index is 0. The van der Waals surface area contributed by atoms with E-state index in [1.54, 1.807) is 0 Å². The number of aromatic nitrogens is 4. The molecule has 2 aromatic heterocycles. The van der Waals surface area contributed by atoms with Crippen LogP contribution in [-0.2, 0) is 38.7 Å². The van der Waals surface area contributed by atoms with E-state index in [0.717, 1.165) is 31.7 Å². The SMILES string of the molecule is CC(C)(C)c1n[n-]c(C(C)(C)C)c1Br.CC(C)(C)c1n[n-]c(C(C)(C)C)c1Br.[Cu+2]. The minimum Gasteiger partial charge on any atom is -0.577 e. The summed E-state index contributed by atoms with van der Waals surface area (Å²) >= 11 is 7.20. The number of hydrogen-bond donors (Lipinski definition) is 0. The molecule has 0 unspecified atom stereocenters. The van der Waals surface area contributed by atoms with Gasteiger partial charge in [0.2, 0.25) is 0 Å². The maximum Gasteiger partial charge on any atom is 2.00 e. The molecule has 7 heteroatoms. The van der Waals surface area contributed by atoms with Crippen molar-refractivity contribution in [2.75, 3.05) is 0 Å². The van der Waals surface area contributed by atoms with Gasteiger partial charge in [-0.25, -0.2) is 0 Å². The molecule has 0 saturated heterocycles. The van der Waals surface area contributed by atoms with Crippen LogP contribution >= 0.6 is 31.9 Å². The van der Waals surface area contributed by atoms with Gasteiger partial charge in [0, 0.05) is 31.2 Å². The number of nitrogens with zero attached hydrogens (tertiary/aromatic N) is 4. The molecule has 0 atom stereocenters. The van der Waals surface area contributed by atoms with Crippen LogP contribution in [0.4, 0.5) is 0 Å². The van der Waals surface area contributed by atoms with Crippen LogP contribution in [0.1, 0.15) is 106 Å². The van der Waals surface area contributed by atoms with E-state index in [0.29, 0.717) is 0 Å². The van der Waals surface area contributed by atoms with Gasteiger partial charge in [-0.2, -0.15) is 0 Å². The van der Waals surface area contributed by atoms with Crippen LogP contribution in [0.5, 0.6) is 0 Å². The Kier molecular flexibility index (Phi) is 9.55. The minimum absolute atomic E-state index is 0. The zero-order valence-electron chi connectivity index (χ0n) is 19.8. The van der Waals surface area contributed by atoms with Crippen molar-refractivity contribution >= 4 is 31.9 Å². The summed E-state index contributed by atoms with van der Waals surface area (Å²) in [6, 6.07) is 0. The molecular formula is C22H36Br2CuN4. The smallest absolute Gasteiger partial charge is 0.577 e. The summed E-state index contributed by atoms with van der Waals surface area (Å²) in [4.78, 5) is 0. The predicted octanol–water partition coefficient (Wildman–Crippen LogP) is 6.79. The second-order valence-corrected chi connectivity index (χ2v) is 13.0. The van der Waals surface area contributed by atoms with E-state index in [1.165, 1.54) is 0 Å². The third-order valence-corrected chi connectivity index (χ3v) is 5.68. The molecule has 0 amide bonds. The van der Waals surface area contributed by atoms with Crippen LogP contribution in [0.15, 0.2) is 8.95 Å². The second kappa shape index (κ2) is 9.58. The van der Waals surface area contributed by atoms with E-state index in [4.69, 9.17) is 0 Å². The van der Waals surface area contributed by atoms with Crippen molar-refractivity contribution in [3.05, 3.63) is 31.7 Å². The summed E-state index contributed by atoms with van der Waals surface area (Å²) in [7, 11) is 0. The van der Waals surface area contributed by atoms with Crippen molar-refractivity contribution in [1.82, 2.24) is 20.4 Å². The number of hydrogen-bond acceptors (Lipinski definition) is 2. The van der Waals surface area contributed by atoms with E-state index in [2.05, 4.69) is 135 Å². The van der Waals surface area contributed by atoms with Crippen molar-refractivity contribution in [1.29, 1.82) is 0 Å². The Morgan fingerprint density at radius 3 is 0.862 bits per heavy atom. The van der Waals surface area contributed by atoms with Crippen LogP contribution in [0.25, 0.3) is 0 Å². The fourth-order valence-electron chi connectivity index (χ4n) is 2.52. The van der Waals surface area contributed by atoms with Crippen LogP contribution < -0.4 is 10.2 Å². The van der Waals surface area contributed by atoms with Gasteiger partial charge in [-0.15, -0.1) is 11.4 Å². The first-order valence-corrected chi connectivity index (χ1v) is 11.3. The molecule has 29 heavy (non-hydrogen) atoms. The molecule has 0 spiro atoms. The Morgan fingerprint density at radius 1 is 0.517 bits per heavy atom. The van der Waals surface area contributed by atoms with Gasteiger partial charge in [0.25, 0.3) is 0 Å². The average molecular weight is 580 g/mol. The Morgan fingerprint density at radius 2 is 0.759 bits per heavy atom. The Bertz CT molecular complexity index is 664. The Balaban J connectivity index is 0.000000523. The van der Waals surface area contributed by atoms with Crippen molar-refractivity contribution in [3.8, 4) is 0 Å². The zero-order valence-corrected chi connectivity index (χ0v) is 24.0. The van der Waals surface area contributed by atoms with Gasteiger partial charge in [0.1, 0.15) is 0 Å². The van der Waals surface area contributed by atoms with E-state index in [9.17, 15) is 0 Å². The van der Waals surface area contributed by atoms with Crippen LogP contribution in [0, 0.1) is 0 Å². The quantitative estimate of drug-likeness (QED) is 0.323. The van der Waals surface area contributed by atoms with Crippen molar-refractivity contribution in [2.45, 2.75) is 105 Å². The number of halogens is 2. The molecule has 0 bridgehead atoms. The largest absolute Gasteiger partial charge is 2.00 e. The molecule has 0 aromatic carbocycles. The topological polar surface area (TPSA) is 54.0 Å². The standard InChI is InChI=1S/2C11H18BrN2.Cu/c2*1-10(2,3)8-7(12)9(14-13-8)11(4,5)6;/h2*1-6H3;/q2*-1;+2. The van der Waals surface area contributed by atoms with Gasteiger partial charge in [0.05, 0.1) is 0 Å². The molecule has 0 aliphatic rings. The fraction of sp³-hybridized carbons (Fsp3) is 0.727. The van der Waals surface area contributed by atoms with Gasteiger partial charge < -0.3 is 20.4 Å². The fourth-order valence-corrected chi connectivity index (χ4v) is 5.21. The third kappa shape index (κ3) is 7.52. The van der Waals surface area contributed by atoms with E-state index in [-0.39, 0.29) is 38.7 Å². The average Bonchev–Trinajstić information content (AvgIpc) is 2.99. The first kappa shape index (κ1) is 28.9. The first-order chi connectivity index (χ1) is 12.3. The predicted molar refractivity (Wildman–Crippen MR) is 125 cm³/mol. The molecule has 0 N–H and O–H groups in total. The normalized spacial score (nSPS) is 12.9. The molecule has 0 aliphatic heterocycles. The molecule has 2 rings (SSSR count). The Labute approximate surface area is 204 Å². The van der Waals surface area contributed by atoms with Gasteiger partial charge in [-0.1, -0.05) is 115 Å². The molecule has 1 radical (unpaired) electrons. The number of rotatable bonds is 0. The van der Waals surface area contributed by atoms with Crippen LogP contribution in [0.3, 0.4) is 0 Å². The van der Waals surface area contributed by atoms with Crippen molar-refractivity contribution in [3.63, 3.8) is 0 Å². The Hall–Kier alpha value is -0.101. The van der Waals surface area contributed by atoms with E-state index < -0.39 is 0 Å². The monoisotopic (exact) mass is 577 g/mol. The van der Waals surface area contributed by atoms with Gasteiger partial charge >= 0.3 is 17.1 Å². The molecule has 169 valence electrons. The molecule has 0 saturated carbocycles. The van der Waals surface area contributed by atoms with E-state index in [1.807, 2.05) is 0 Å². The van der Waals surface area contributed by atoms with Gasteiger partial charge in [-0.3, -0.25) is 0 Å². The maximum absolute atomic E-state index is 4.26. The molecule has 4 nitrogen and oxygen atoms in total. The maximum atomic E-state index is 4.26. The van der Waals surface area contributed by atoms with Gasteiger partial charge in [0.15, 0.2) is 0 Å². The molecular weight excluding hydrogens is 544 g/mol. The summed E-state index contributed by atoms with van der Waals surface area (Å²) < 4.78 is 2.13. The van der Waals surface area contributed by atoms with Gasteiger partial charge in [-0.05, 0) is 10.8 Å². The zero-order chi connectivity index (χ0) is 22.3. The summed E-state index contributed by atoms with van der Waals surface area (Å²) in [6.07, 6.45) is 0. The summed E-state index contributed by atoms with van der Waals surface area (Å²) in [6.45, 7) is 25.8. The van der Waals surface area contributed by atoms with Crippen LogP contribution in [0.2, 0.25) is 0 Å². The van der Waals surface area contributed by atoms with Crippen molar-refractivity contribution < 1.29 is 17.1 Å². The second-order valence-electron chi connectivity index (χ2n) is 11.4. The molecule has 0 fully saturated rings. The molecule has 0 aliphatic carbocycles. The van der Waals surface area contributed by atoms with Crippen LogP contribution in [-0.4, -0.2) is 10.2 Å². The first-order valence-electron chi connectivity index (χ1n) is 9.67. The molecule has 2 heterocycles. The summed E-state index contributed by atoms with van der Waals surface area (Å²) in [5.41, 5.74) is 4.38. The van der Waals surface area contributed by atoms with E-state index >= 15 is 0 Å². The van der Waals surface area contributed by atoms with Crippen molar-refractivity contribution in [2.24, 2.45) is 0 Å². The third-order valence-electron chi connectivity index (χ3n) is 4.17. The summed E-state index contributed by atoms with van der Waals surface area (Å²) in [5.74, 6) is 0. The summed E-state index contributed by atoms with van der Waals surface area (Å²) in [5, 5.41) is 17.0. The molecule has 2 aromatic rings.